The third kappa shape index (κ3) is 3.03. The summed E-state index contributed by atoms with van der Waals surface area (Å²) in [6.45, 7) is 0. The van der Waals surface area contributed by atoms with Gasteiger partial charge in [-0.25, -0.2) is 9.37 Å². The molecule has 0 radical (unpaired) electrons. The Morgan fingerprint density at radius 3 is 2.38 bits per heavy atom. The zero-order valence-corrected chi connectivity index (χ0v) is 11.9. The molecule has 0 fully saturated rings. The van der Waals surface area contributed by atoms with E-state index in [0.29, 0.717) is 12.2 Å². The minimum absolute atomic E-state index is 0. The van der Waals surface area contributed by atoms with Gasteiger partial charge in [-0.3, -0.25) is 0 Å². The highest BCUT2D eigenvalue weighted by atomic mass is 35.5. The van der Waals surface area contributed by atoms with Gasteiger partial charge >= 0.3 is 0 Å². The Bertz CT molecular complexity index is 774. The van der Waals surface area contributed by atoms with E-state index in [0.717, 1.165) is 22.0 Å². The van der Waals surface area contributed by atoms with Gasteiger partial charge in [-0.05, 0) is 35.7 Å². The van der Waals surface area contributed by atoms with Crippen molar-refractivity contribution in [3.8, 4) is 0 Å². The van der Waals surface area contributed by atoms with Gasteiger partial charge in [-0.1, -0.05) is 24.3 Å². The highest BCUT2D eigenvalue weighted by Gasteiger charge is 2.09. The van der Waals surface area contributed by atoms with Crippen molar-refractivity contribution in [1.82, 2.24) is 9.97 Å². The topological polar surface area (TPSA) is 77.8 Å². The third-order valence-corrected chi connectivity index (χ3v) is 3.16. The van der Waals surface area contributed by atoms with Crippen LogP contribution >= 0.6 is 12.4 Å². The van der Waals surface area contributed by atoms with Crippen molar-refractivity contribution in [3.63, 3.8) is 0 Å². The summed E-state index contributed by atoms with van der Waals surface area (Å²) < 4.78 is 12.9. The smallest absolute Gasteiger partial charge is 0.222 e. The van der Waals surface area contributed by atoms with Crippen molar-refractivity contribution in [3.05, 3.63) is 59.4 Å². The van der Waals surface area contributed by atoms with E-state index in [-0.39, 0.29) is 24.2 Å². The van der Waals surface area contributed by atoms with Gasteiger partial charge in [0.05, 0.1) is 5.52 Å². The fourth-order valence-electron chi connectivity index (χ4n) is 2.27. The van der Waals surface area contributed by atoms with Crippen molar-refractivity contribution in [2.45, 2.75) is 6.42 Å². The number of nitrogens with two attached hydrogens (primary N) is 2. The Labute approximate surface area is 127 Å². The van der Waals surface area contributed by atoms with Crippen LogP contribution in [0.25, 0.3) is 10.9 Å². The molecule has 3 aromatic rings. The predicted octanol–water partition coefficient (Wildman–Crippen LogP) is 2.95. The molecule has 0 spiro atoms. The van der Waals surface area contributed by atoms with E-state index < -0.39 is 0 Å². The summed E-state index contributed by atoms with van der Waals surface area (Å²) in [6.07, 6.45) is 0.634. The normalized spacial score (nSPS) is 10.3. The fraction of sp³-hybridized carbons (Fsp3) is 0.0667. The summed E-state index contributed by atoms with van der Waals surface area (Å²) in [5.41, 5.74) is 14.2. The zero-order valence-electron chi connectivity index (χ0n) is 11.1. The van der Waals surface area contributed by atoms with Crippen molar-refractivity contribution < 1.29 is 4.39 Å². The molecule has 6 heteroatoms. The molecule has 4 N–H and O–H groups in total. The first-order valence-electron chi connectivity index (χ1n) is 6.18. The number of rotatable bonds is 2. The van der Waals surface area contributed by atoms with Crippen LogP contribution in [0, 0.1) is 5.82 Å². The lowest BCUT2D eigenvalue weighted by Gasteiger charge is -2.09. The summed E-state index contributed by atoms with van der Waals surface area (Å²) in [6, 6.07) is 12.1. The Balaban J connectivity index is 0.00000161. The minimum Gasteiger partial charge on any atom is -0.383 e. The maximum Gasteiger partial charge on any atom is 0.222 e. The Morgan fingerprint density at radius 1 is 0.952 bits per heavy atom. The molecule has 0 saturated carbocycles. The molecule has 0 bridgehead atoms. The van der Waals surface area contributed by atoms with Crippen LogP contribution in [0.3, 0.4) is 0 Å². The monoisotopic (exact) mass is 304 g/mol. The number of nitrogen functional groups attached to an aromatic ring is 2. The van der Waals surface area contributed by atoms with E-state index in [4.69, 9.17) is 11.5 Å². The molecule has 108 valence electrons. The first-order chi connectivity index (χ1) is 9.63. The lowest BCUT2D eigenvalue weighted by molar-refractivity contribution is 0.627. The average Bonchev–Trinajstić information content (AvgIpc) is 2.41. The number of halogens is 2. The van der Waals surface area contributed by atoms with Gasteiger partial charge in [0.2, 0.25) is 5.95 Å². The molecule has 0 atom stereocenters. The van der Waals surface area contributed by atoms with Crippen molar-refractivity contribution in [2.24, 2.45) is 0 Å². The van der Waals surface area contributed by atoms with Crippen molar-refractivity contribution in [1.29, 1.82) is 0 Å². The van der Waals surface area contributed by atoms with Crippen LogP contribution in [0.2, 0.25) is 0 Å². The summed E-state index contributed by atoms with van der Waals surface area (Å²) in [4.78, 5) is 8.18. The highest BCUT2D eigenvalue weighted by molar-refractivity contribution is 5.92. The quantitative estimate of drug-likeness (QED) is 0.763. The van der Waals surface area contributed by atoms with Crippen LogP contribution in [0.5, 0.6) is 0 Å². The highest BCUT2D eigenvalue weighted by Crippen LogP contribution is 2.25. The largest absolute Gasteiger partial charge is 0.383 e. The lowest BCUT2D eigenvalue weighted by Crippen LogP contribution is -2.02. The molecule has 2 aromatic carbocycles. The molecular weight excluding hydrogens is 291 g/mol. The van der Waals surface area contributed by atoms with Crippen molar-refractivity contribution >= 4 is 35.1 Å². The molecule has 0 unspecified atom stereocenters. The predicted molar refractivity (Wildman–Crippen MR) is 84.8 cm³/mol. The van der Waals surface area contributed by atoms with E-state index in [2.05, 4.69) is 9.97 Å². The number of anilines is 2. The lowest BCUT2D eigenvalue weighted by atomic mass is 10.0. The van der Waals surface area contributed by atoms with Crippen LogP contribution < -0.4 is 11.5 Å². The van der Waals surface area contributed by atoms with Crippen LogP contribution in [-0.4, -0.2) is 9.97 Å². The molecule has 3 rings (SSSR count). The molecule has 0 aliphatic carbocycles. The molecular formula is C15H14ClFN4. The van der Waals surface area contributed by atoms with Crippen LogP contribution in [0.15, 0.2) is 42.5 Å². The molecule has 0 aliphatic rings. The summed E-state index contributed by atoms with van der Waals surface area (Å²) in [5, 5.41) is 0.797. The fourth-order valence-corrected chi connectivity index (χ4v) is 2.27. The van der Waals surface area contributed by atoms with Gasteiger partial charge in [0.1, 0.15) is 11.6 Å². The summed E-state index contributed by atoms with van der Waals surface area (Å²) in [7, 11) is 0. The van der Waals surface area contributed by atoms with Gasteiger partial charge in [-0.2, -0.15) is 4.98 Å². The van der Waals surface area contributed by atoms with E-state index in [1.54, 1.807) is 12.1 Å². The minimum atomic E-state index is -0.248. The molecule has 21 heavy (non-hydrogen) atoms. The molecule has 0 aliphatic heterocycles. The van der Waals surface area contributed by atoms with Gasteiger partial charge in [0.25, 0.3) is 0 Å². The second kappa shape index (κ2) is 5.93. The van der Waals surface area contributed by atoms with Gasteiger partial charge in [0, 0.05) is 5.39 Å². The van der Waals surface area contributed by atoms with Gasteiger partial charge in [-0.15, -0.1) is 12.4 Å². The number of hydrogen-bond acceptors (Lipinski definition) is 4. The van der Waals surface area contributed by atoms with E-state index >= 15 is 0 Å². The van der Waals surface area contributed by atoms with Crippen LogP contribution in [0.4, 0.5) is 16.2 Å². The van der Waals surface area contributed by atoms with Crippen LogP contribution in [0.1, 0.15) is 11.1 Å². The molecule has 1 aromatic heterocycles. The maximum absolute atomic E-state index is 12.9. The molecule has 4 nitrogen and oxygen atoms in total. The number of benzene rings is 2. The number of hydrogen-bond donors (Lipinski definition) is 2. The molecule has 0 amide bonds. The SMILES string of the molecule is Cl.Nc1nc(N)c2c(Cc3ccc(F)cc3)cccc2n1. The number of aromatic nitrogens is 2. The van der Waals surface area contributed by atoms with Crippen LogP contribution in [-0.2, 0) is 6.42 Å². The standard InChI is InChI=1S/C15H13FN4.ClH/c16-11-6-4-9(5-7-11)8-10-2-1-3-12-13(10)14(17)20-15(18)19-12;/h1-7H,8H2,(H4,17,18,19,20);1H. The number of nitrogens with zero attached hydrogens (tertiary/aromatic N) is 2. The maximum atomic E-state index is 12.9. The Kier molecular flexibility index (Phi) is 4.23. The number of fused-ring (bicyclic) bond motifs is 1. The zero-order chi connectivity index (χ0) is 14.1. The first-order valence-corrected chi connectivity index (χ1v) is 6.18. The average molecular weight is 305 g/mol. The van der Waals surface area contributed by atoms with Crippen molar-refractivity contribution in [2.75, 3.05) is 11.5 Å². The first kappa shape index (κ1) is 15.0. The Morgan fingerprint density at radius 2 is 1.67 bits per heavy atom. The molecule has 0 saturated heterocycles. The second-order valence-electron chi connectivity index (χ2n) is 4.58. The van der Waals surface area contributed by atoms with E-state index in [9.17, 15) is 4.39 Å². The van der Waals surface area contributed by atoms with Gasteiger partial charge in [0.15, 0.2) is 0 Å². The van der Waals surface area contributed by atoms with Gasteiger partial charge < -0.3 is 11.5 Å². The van der Waals surface area contributed by atoms with E-state index in [1.807, 2.05) is 18.2 Å². The Hall–Kier alpha value is -2.40. The summed E-state index contributed by atoms with van der Waals surface area (Å²) >= 11 is 0. The van der Waals surface area contributed by atoms with E-state index in [1.165, 1.54) is 12.1 Å². The second-order valence-corrected chi connectivity index (χ2v) is 4.58. The third-order valence-electron chi connectivity index (χ3n) is 3.16. The molecule has 1 heterocycles. The summed E-state index contributed by atoms with van der Waals surface area (Å²) in [5.74, 6) is 0.279.